The number of Topliss-reactive ketones (excluding diaryl/α,β-unsaturated/α-hetero) is 1. The van der Waals surface area contributed by atoms with Crippen LogP contribution in [-0.2, 0) is 4.74 Å². The Morgan fingerprint density at radius 1 is 1.16 bits per heavy atom. The predicted octanol–water partition coefficient (Wildman–Crippen LogP) is 3.48. The molecule has 11 heteroatoms. The van der Waals surface area contributed by atoms with Crippen LogP contribution in [0.1, 0.15) is 27.6 Å². The minimum absolute atomic E-state index is 0.0895. The van der Waals surface area contributed by atoms with Crippen LogP contribution in [0.25, 0.3) is 10.9 Å². The first kappa shape index (κ1) is 22.8. The number of carbonyl (C=O) groups is 2. The lowest BCUT2D eigenvalue weighted by Gasteiger charge is -2.18. The zero-order chi connectivity index (χ0) is 23.4. The van der Waals surface area contributed by atoms with Gasteiger partial charge in [0.05, 0.1) is 18.5 Å². The van der Waals surface area contributed by atoms with Crippen LogP contribution in [0.5, 0.6) is 5.75 Å². The molecule has 0 aliphatic heterocycles. The Balaban J connectivity index is 2.19. The molecule has 0 amide bonds. The fourth-order valence-electron chi connectivity index (χ4n) is 2.96. The number of hydrogen-bond acceptors (Lipinski definition) is 6. The fourth-order valence-corrected chi connectivity index (χ4v) is 2.96. The first-order valence-electron chi connectivity index (χ1n) is 9.26. The van der Waals surface area contributed by atoms with Gasteiger partial charge in [0.1, 0.15) is 11.1 Å². The Bertz CT molecular complexity index is 1230. The summed E-state index contributed by atoms with van der Waals surface area (Å²) in [6.45, 7) is -2.60. The van der Waals surface area contributed by atoms with E-state index in [0.29, 0.717) is 11.6 Å². The number of benzene rings is 2. The summed E-state index contributed by atoms with van der Waals surface area (Å²) < 4.78 is 63.8. The number of carbonyl (C=O) groups excluding carboxylic acids is 2. The molecule has 0 aliphatic rings. The highest BCUT2D eigenvalue weighted by molar-refractivity contribution is 5.99. The topological polar surface area (TPSA) is 86.6 Å². The lowest BCUT2D eigenvalue weighted by molar-refractivity contribution is -0.0516. The van der Waals surface area contributed by atoms with Crippen LogP contribution in [0, 0.1) is 11.6 Å². The van der Waals surface area contributed by atoms with E-state index in [4.69, 9.17) is 4.74 Å². The molecule has 0 unspecified atom stereocenters. The summed E-state index contributed by atoms with van der Waals surface area (Å²) in [7, 11) is 0. The normalized spacial score (nSPS) is 10.9. The highest BCUT2D eigenvalue weighted by Crippen LogP contribution is 2.31. The second-order valence-electron chi connectivity index (χ2n) is 6.36. The van der Waals surface area contributed by atoms with E-state index in [0.717, 1.165) is 10.9 Å². The summed E-state index contributed by atoms with van der Waals surface area (Å²) in [5.74, 6) is -6.20. The molecular formula is C21H16F4N2O5. The van der Waals surface area contributed by atoms with E-state index in [-0.39, 0.29) is 6.61 Å². The number of nitrogens with zero attached hydrogens (tertiary/aromatic N) is 1. The van der Waals surface area contributed by atoms with Crippen LogP contribution >= 0.6 is 0 Å². The SMILES string of the molecule is CCOC(=O)c1cn(NCC(=O)c2ccccc2)c2c(OC(F)F)c(F)c(F)cc2c1=O. The van der Waals surface area contributed by atoms with Crippen molar-refractivity contribution in [1.82, 2.24) is 4.68 Å². The quantitative estimate of drug-likeness (QED) is 0.320. The third kappa shape index (κ3) is 4.56. The van der Waals surface area contributed by atoms with Gasteiger partial charge >= 0.3 is 12.6 Å². The number of pyridine rings is 1. The third-order valence-electron chi connectivity index (χ3n) is 4.35. The summed E-state index contributed by atoms with van der Waals surface area (Å²) in [6, 6.07) is 8.43. The van der Waals surface area contributed by atoms with Gasteiger partial charge < -0.3 is 14.9 Å². The summed E-state index contributed by atoms with van der Waals surface area (Å²) in [6.07, 6.45) is 0.844. The van der Waals surface area contributed by atoms with E-state index < -0.39 is 64.2 Å². The molecule has 0 atom stereocenters. The number of rotatable bonds is 8. The lowest BCUT2D eigenvalue weighted by Crippen LogP contribution is -2.28. The van der Waals surface area contributed by atoms with Gasteiger partial charge in [-0.25, -0.2) is 9.18 Å². The maximum Gasteiger partial charge on any atom is 0.387 e. The average molecular weight is 452 g/mol. The van der Waals surface area contributed by atoms with Gasteiger partial charge in [-0.3, -0.25) is 14.3 Å². The number of halogens is 4. The van der Waals surface area contributed by atoms with Gasteiger partial charge in [0.25, 0.3) is 0 Å². The van der Waals surface area contributed by atoms with Crippen LogP contribution < -0.4 is 15.6 Å². The van der Waals surface area contributed by atoms with Gasteiger partial charge in [-0.15, -0.1) is 0 Å². The summed E-state index contributed by atoms with van der Waals surface area (Å²) in [4.78, 5) is 37.3. The molecule has 168 valence electrons. The van der Waals surface area contributed by atoms with Crippen molar-refractivity contribution < 1.29 is 36.6 Å². The molecule has 0 radical (unpaired) electrons. The van der Waals surface area contributed by atoms with E-state index in [2.05, 4.69) is 10.2 Å². The molecule has 0 spiro atoms. The first-order valence-corrected chi connectivity index (χ1v) is 9.26. The fraction of sp³-hybridized carbons (Fsp3) is 0.190. The zero-order valence-electron chi connectivity index (χ0n) is 16.5. The first-order chi connectivity index (χ1) is 15.2. The van der Waals surface area contributed by atoms with Crippen molar-refractivity contribution in [1.29, 1.82) is 0 Å². The number of fused-ring (bicyclic) bond motifs is 1. The van der Waals surface area contributed by atoms with Crippen molar-refractivity contribution in [2.75, 3.05) is 18.6 Å². The van der Waals surface area contributed by atoms with Gasteiger partial charge in [-0.05, 0) is 13.0 Å². The third-order valence-corrected chi connectivity index (χ3v) is 4.35. The highest BCUT2D eigenvalue weighted by Gasteiger charge is 2.26. The number of hydrogen-bond donors (Lipinski definition) is 1. The largest absolute Gasteiger partial charge is 0.462 e. The van der Waals surface area contributed by atoms with Crippen molar-refractivity contribution >= 4 is 22.7 Å². The molecule has 0 saturated carbocycles. The molecule has 1 heterocycles. The van der Waals surface area contributed by atoms with Crippen LogP contribution in [0.3, 0.4) is 0 Å². The second-order valence-corrected chi connectivity index (χ2v) is 6.36. The van der Waals surface area contributed by atoms with Crippen LogP contribution in [-0.4, -0.2) is 36.2 Å². The predicted molar refractivity (Wildman–Crippen MR) is 106 cm³/mol. The van der Waals surface area contributed by atoms with E-state index >= 15 is 0 Å². The van der Waals surface area contributed by atoms with Gasteiger partial charge in [-0.1, -0.05) is 30.3 Å². The Morgan fingerprint density at radius 3 is 2.47 bits per heavy atom. The summed E-state index contributed by atoms with van der Waals surface area (Å²) in [5.41, 5.74) is 0.515. The van der Waals surface area contributed by atoms with Crippen molar-refractivity contribution in [3.8, 4) is 5.75 Å². The molecule has 3 rings (SSSR count). The molecule has 0 saturated heterocycles. The Labute approximate surface area is 178 Å². The molecular weight excluding hydrogens is 436 g/mol. The van der Waals surface area contributed by atoms with Crippen LogP contribution in [0.15, 0.2) is 47.4 Å². The number of ketones is 1. The number of aromatic nitrogens is 1. The van der Waals surface area contributed by atoms with Crippen LogP contribution in [0.2, 0.25) is 0 Å². The molecule has 7 nitrogen and oxygen atoms in total. The van der Waals surface area contributed by atoms with E-state index in [1.54, 1.807) is 18.2 Å². The zero-order valence-corrected chi connectivity index (χ0v) is 16.5. The highest BCUT2D eigenvalue weighted by atomic mass is 19.3. The number of alkyl halides is 2. The van der Waals surface area contributed by atoms with Crippen molar-refractivity contribution in [3.63, 3.8) is 0 Å². The van der Waals surface area contributed by atoms with Gasteiger partial charge in [0.2, 0.25) is 11.2 Å². The molecule has 0 fully saturated rings. The average Bonchev–Trinajstić information content (AvgIpc) is 2.77. The van der Waals surface area contributed by atoms with E-state index in [9.17, 15) is 31.9 Å². The molecule has 3 aromatic rings. The van der Waals surface area contributed by atoms with Gasteiger partial charge in [0.15, 0.2) is 17.3 Å². The molecule has 2 aromatic carbocycles. The molecule has 0 bridgehead atoms. The maximum absolute atomic E-state index is 14.3. The number of nitrogens with one attached hydrogen (secondary N) is 1. The minimum Gasteiger partial charge on any atom is -0.462 e. The molecule has 32 heavy (non-hydrogen) atoms. The molecule has 1 aromatic heterocycles. The monoisotopic (exact) mass is 452 g/mol. The Hall–Kier alpha value is -3.89. The summed E-state index contributed by atoms with van der Waals surface area (Å²) in [5, 5.41) is -0.634. The Morgan fingerprint density at radius 2 is 1.84 bits per heavy atom. The second kappa shape index (κ2) is 9.50. The standard InChI is InChI=1S/C21H16F4N2O5/c1-2-31-20(30)13-10-27(26-9-15(28)11-6-4-3-5-7-11)17-12(18(13)29)8-14(22)16(23)19(17)32-21(24)25/h3-8,10,21,26H,2,9H2,1H3. The minimum atomic E-state index is -3.55. The molecule has 0 aliphatic carbocycles. The number of ether oxygens (including phenoxy) is 2. The van der Waals surface area contributed by atoms with Gasteiger partial charge in [0, 0.05) is 11.8 Å². The van der Waals surface area contributed by atoms with Gasteiger partial charge in [-0.2, -0.15) is 13.2 Å². The smallest absolute Gasteiger partial charge is 0.387 e. The van der Waals surface area contributed by atoms with Crippen molar-refractivity contribution in [2.45, 2.75) is 13.5 Å². The van der Waals surface area contributed by atoms with E-state index in [1.165, 1.54) is 19.1 Å². The lowest BCUT2D eigenvalue weighted by atomic mass is 10.1. The summed E-state index contributed by atoms with van der Waals surface area (Å²) >= 11 is 0. The van der Waals surface area contributed by atoms with E-state index in [1.807, 2.05) is 0 Å². The number of esters is 1. The van der Waals surface area contributed by atoms with Crippen molar-refractivity contribution in [2.24, 2.45) is 0 Å². The maximum atomic E-state index is 14.3. The van der Waals surface area contributed by atoms with Crippen LogP contribution in [0.4, 0.5) is 17.6 Å². The molecule has 1 N–H and O–H groups in total. The van der Waals surface area contributed by atoms with Crippen molar-refractivity contribution in [3.05, 3.63) is 75.6 Å². The Kier molecular flexibility index (Phi) is 6.76.